The first kappa shape index (κ1) is 43.1. The van der Waals surface area contributed by atoms with E-state index < -0.39 is 12.1 Å². The second-order valence-electron chi connectivity index (χ2n) is 13.6. The monoisotopic (exact) mass is 744 g/mol. The smallest absolute Gasteiger partial charge is 0.312 e. The zero-order valence-corrected chi connectivity index (χ0v) is 31.8. The summed E-state index contributed by atoms with van der Waals surface area (Å²) in [5.41, 5.74) is 14.3. The SMILES string of the molecule is CN[C@@H](Cc1c[nH]c2ccccc12)C(=O)C[C@@H](CCCNC(N)=O)C(C)=O.CN[C@H](Cc1c[nH]c2ccccc12)C(=O)C[C@H](CCCNC(N)=O)C(C)=O. The molecule has 4 amide bonds. The molecule has 10 N–H and O–H groups in total. The number of urea groups is 2. The predicted molar refractivity (Wildman–Crippen MR) is 211 cm³/mol. The van der Waals surface area contributed by atoms with Gasteiger partial charge in [0.15, 0.2) is 11.6 Å². The molecule has 0 spiro atoms. The third-order valence-electron chi connectivity index (χ3n) is 9.77. The van der Waals surface area contributed by atoms with E-state index in [1.54, 1.807) is 14.1 Å². The summed E-state index contributed by atoms with van der Waals surface area (Å²) in [5, 5.41) is 13.4. The number of aromatic nitrogens is 2. The molecule has 2 aromatic heterocycles. The van der Waals surface area contributed by atoms with Crippen molar-refractivity contribution in [1.82, 2.24) is 31.2 Å². The number of fused-ring (bicyclic) bond motifs is 2. The molecule has 0 saturated carbocycles. The van der Waals surface area contributed by atoms with E-state index in [4.69, 9.17) is 11.5 Å². The highest BCUT2D eigenvalue weighted by Crippen LogP contribution is 2.23. The Morgan fingerprint density at radius 1 is 0.611 bits per heavy atom. The van der Waals surface area contributed by atoms with Crippen LogP contribution in [-0.2, 0) is 32.0 Å². The number of rotatable bonds is 22. The van der Waals surface area contributed by atoms with Gasteiger partial charge in [0.2, 0.25) is 0 Å². The number of carbonyl (C=O) groups excluding carboxylic acids is 6. The predicted octanol–water partition coefficient (Wildman–Crippen LogP) is 3.82. The van der Waals surface area contributed by atoms with E-state index in [1.165, 1.54) is 13.8 Å². The number of nitrogens with two attached hydrogens (primary N) is 2. The van der Waals surface area contributed by atoms with Crippen molar-refractivity contribution >= 4 is 57.0 Å². The minimum atomic E-state index is -0.584. The largest absolute Gasteiger partial charge is 0.361 e. The second-order valence-corrected chi connectivity index (χ2v) is 13.6. The van der Waals surface area contributed by atoms with E-state index in [-0.39, 0.29) is 59.9 Å². The van der Waals surface area contributed by atoms with Crippen LogP contribution in [0.25, 0.3) is 21.8 Å². The van der Waals surface area contributed by atoms with Gasteiger partial charge in [-0.1, -0.05) is 36.4 Å². The van der Waals surface area contributed by atoms with Gasteiger partial charge in [0.1, 0.15) is 11.6 Å². The highest BCUT2D eigenvalue weighted by molar-refractivity contribution is 5.92. The van der Waals surface area contributed by atoms with Crippen LogP contribution in [0.3, 0.4) is 0 Å². The van der Waals surface area contributed by atoms with Gasteiger partial charge >= 0.3 is 12.1 Å². The molecule has 4 aromatic rings. The van der Waals surface area contributed by atoms with Crippen molar-refractivity contribution in [2.24, 2.45) is 23.3 Å². The van der Waals surface area contributed by atoms with Crippen LogP contribution in [0, 0.1) is 11.8 Å². The van der Waals surface area contributed by atoms with E-state index in [2.05, 4.69) is 31.2 Å². The molecular weight excluding hydrogens is 688 g/mol. The number of hydrogen-bond donors (Lipinski definition) is 8. The molecule has 0 unspecified atom stereocenters. The van der Waals surface area contributed by atoms with E-state index in [0.717, 1.165) is 32.9 Å². The summed E-state index contributed by atoms with van der Waals surface area (Å²) < 4.78 is 0. The molecule has 0 radical (unpaired) electrons. The van der Waals surface area contributed by atoms with E-state index in [0.29, 0.717) is 51.6 Å². The summed E-state index contributed by atoms with van der Waals surface area (Å²) in [6.07, 6.45) is 7.68. The fourth-order valence-corrected chi connectivity index (χ4v) is 6.58. The molecule has 0 aliphatic rings. The quantitative estimate of drug-likeness (QED) is 0.0550. The topological polar surface area (TPSA) is 234 Å². The van der Waals surface area contributed by atoms with Gasteiger partial charge in [-0.2, -0.15) is 0 Å². The van der Waals surface area contributed by atoms with Crippen LogP contribution >= 0.6 is 0 Å². The number of primary amides is 2. The van der Waals surface area contributed by atoms with Crippen molar-refractivity contribution in [3.8, 4) is 0 Å². The van der Waals surface area contributed by atoms with Gasteiger partial charge in [0.25, 0.3) is 0 Å². The van der Waals surface area contributed by atoms with Crippen molar-refractivity contribution in [3.05, 3.63) is 72.1 Å². The third kappa shape index (κ3) is 13.6. The van der Waals surface area contributed by atoms with E-state index in [9.17, 15) is 28.8 Å². The molecule has 0 bridgehead atoms. The van der Waals surface area contributed by atoms with E-state index >= 15 is 0 Å². The van der Waals surface area contributed by atoms with Crippen molar-refractivity contribution in [2.45, 2.75) is 77.3 Å². The molecular formula is C40H56N8O6. The average molecular weight is 745 g/mol. The van der Waals surface area contributed by atoms with Crippen molar-refractivity contribution < 1.29 is 28.8 Å². The molecule has 292 valence electrons. The van der Waals surface area contributed by atoms with E-state index in [1.807, 2.05) is 60.9 Å². The van der Waals surface area contributed by atoms with Gasteiger partial charge in [-0.25, -0.2) is 9.59 Å². The van der Waals surface area contributed by atoms with Crippen LogP contribution < -0.4 is 32.7 Å². The Bertz CT molecular complexity index is 1730. The van der Waals surface area contributed by atoms with Crippen LogP contribution in [0.4, 0.5) is 9.59 Å². The van der Waals surface area contributed by atoms with Crippen LogP contribution in [0.2, 0.25) is 0 Å². The maximum Gasteiger partial charge on any atom is 0.312 e. The van der Waals surface area contributed by atoms with Gasteiger partial charge in [0.05, 0.1) is 12.1 Å². The summed E-state index contributed by atoms with van der Waals surface area (Å²) in [6, 6.07) is 14.1. The second kappa shape index (κ2) is 22.0. The fraction of sp³-hybridized carbons (Fsp3) is 0.450. The van der Waals surface area contributed by atoms with Gasteiger partial charge in [-0.05, 0) is 89.7 Å². The molecule has 0 aliphatic carbocycles. The lowest BCUT2D eigenvalue weighted by Crippen LogP contribution is -2.38. The highest BCUT2D eigenvalue weighted by Gasteiger charge is 2.26. The number of para-hydroxylation sites is 2. The van der Waals surface area contributed by atoms with Gasteiger partial charge in [-0.15, -0.1) is 0 Å². The highest BCUT2D eigenvalue weighted by atomic mass is 16.2. The van der Waals surface area contributed by atoms with Gasteiger partial charge in [-0.3, -0.25) is 19.2 Å². The normalized spacial score (nSPS) is 13.3. The number of ketones is 4. The molecule has 14 heteroatoms. The lowest BCUT2D eigenvalue weighted by molar-refractivity contribution is -0.128. The van der Waals surface area contributed by atoms with Crippen molar-refractivity contribution in [1.29, 1.82) is 0 Å². The lowest BCUT2D eigenvalue weighted by atomic mass is 9.89. The van der Waals surface area contributed by atoms with Crippen LogP contribution in [0.5, 0.6) is 0 Å². The Balaban J connectivity index is 0.000000290. The standard InChI is InChI=1S/2C20H28N4O3/c2*1-13(25)14(6-5-9-23-20(21)27)11-19(26)18(22-2)10-15-12-24-17-8-4-3-7-16(15)17/h2*3-4,7-8,12,14,18,22,24H,5-6,9-11H2,1-2H3,(H3,21,23,27)/t2*14-,18+/m10/s1. The molecule has 2 aromatic carbocycles. The number of Topliss-reactive ketones (excluding diaryl/α,β-unsaturated/α-hetero) is 4. The lowest BCUT2D eigenvalue weighted by Gasteiger charge is -2.19. The molecule has 0 fully saturated rings. The third-order valence-corrected chi connectivity index (χ3v) is 9.77. The van der Waals surface area contributed by atoms with Crippen molar-refractivity contribution in [3.63, 3.8) is 0 Å². The molecule has 4 atom stereocenters. The summed E-state index contributed by atoms with van der Waals surface area (Å²) in [5.74, 6) is -0.664. The number of carbonyl (C=O) groups is 6. The Morgan fingerprint density at radius 2 is 0.981 bits per heavy atom. The Hall–Kier alpha value is -5.34. The fourth-order valence-electron chi connectivity index (χ4n) is 6.58. The molecule has 4 rings (SSSR count). The first-order valence-electron chi connectivity index (χ1n) is 18.4. The molecule has 2 heterocycles. The number of H-pyrrole nitrogens is 2. The summed E-state index contributed by atoms with van der Waals surface area (Å²) in [6.45, 7) is 3.82. The maximum absolute atomic E-state index is 12.8. The van der Waals surface area contributed by atoms with Gasteiger partial charge in [0, 0.05) is 72.0 Å². The average Bonchev–Trinajstić information content (AvgIpc) is 3.75. The van der Waals surface area contributed by atoms with Crippen LogP contribution in [0.15, 0.2) is 60.9 Å². The molecule has 0 saturated heterocycles. The summed E-state index contributed by atoms with van der Waals surface area (Å²) in [4.78, 5) is 77.3. The number of nitrogens with one attached hydrogen (secondary N) is 6. The summed E-state index contributed by atoms with van der Waals surface area (Å²) >= 11 is 0. The molecule has 0 aliphatic heterocycles. The zero-order chi connectivity index (χ0) is 39.6. The van der Waals surface area contributed by atoms with Gasteiger partial charge < -0.3 is 42.7 Å². The van der Waals surface area contributed by atoms with Crippen molar-refractivity contribution in [2.75, 3.05) is 27.2 Å². The Morgan fingerprint density at radius 3 is 1.31 bits per heavy atom. The minimum Gasteiger partial charge on any atom is -0.361 e. The first-order valence-corrected chi connectivity index (χ1v) is 18.4. The number of hydrogen-bond acceptors (Lipinski definition) is 8. The molecule has 14 nitrogen and oxygen atoms in total. The number of likely N-dealkylation sites (N-methyl/N-ethyl adjacent to an activating group) is 2. The maximum atomic E-state index is 12.8. The first-order chi connectivity index (χ1) is 25.8. The van der Waals surface area contributed by atoms with Crippen LogP contribution in [-0.4, -0.2) is 84.4 Å². The van der Waals surface area contributed by atoms with Crippen LogP contribution in [0.1, 0.15) is 63.5 Å². The Kier molecular flexibility index (Phi) is 17.6. The minimum absolute atomic E-state index is 0.00984. The number of benzene rings is 2. The zero-order valence-electron chi connectivity index (χ0n) is 31.8. The number of aromatic amines is 2. The summed E-state index contributed by atoms with van der Waals surface area (Å²) in [7, 11) is 3.52. The molecule has 54 heavy (non-hydrogen) atoms. The number of amides is 4. The Labute approximate surface area is 316 Å².